The van der Waals surface area contributed by atoms with E-state index in [9.17, 15) is 0 Å². The van der Waals surface area contributed by atoms with Crippen molar-refractivity contribution in [2.45, 2.75) is 38.3 Å². The van der Waals surface area contributed by atoms with Gasteiger partial charge < -0.3 is 14.2 Å². The number of hydrogen-bond acceptors (Lipinski definition) is 3. The van der Waals surface area contributed by atoms with Crippen molar-refractivity contribution in [3.63, 3.8) is 0 Å². The molecule has 0 bridgehead atoms. The maximum atomic E-state index is 5.69. The molecule has 0 aromatic rings. The summed E-state index contributed by atoms with van der Waals surface area (Å²) in [5.41, 5.74) is 0.368. The maximum absolute atomic E-state index is 5.69. The summed E-state index contributed by atoms with van der Waals surface area (Å²) in [6.07, 6.45) is 1.98. The molecule has 1 atom stereocenters. The van der Waals surface area contributed by atoms with Gasteiger partial charge in [0.25, 0.3) is 5.97 Å². The lowest BCUT2D eigenvalue weighted by atomic mass is 9.98. The van der Waals surface area contributed by atoms with Crippen molar-refractivity contribution in [3.8, 4) is 0 Å². The summed E-state index contributed by atoms with van der Waals surface area (Å²) in [6, 6.07) is 0. The molecule has 3 nitrogen and oxygen atoms in total. The minimum atomic E-state index is -0.742. The van der Waals surface area contributed by atoms with E-state index in [1.807, 2.05) is 0 Å². The van der Waals surface area contributed by atoms with Crippen LogP contribution in [0.3, 0.4) is 0 Å². The Hall–Kier alpha value is -0.120. The van der Waals surface area contributed by atoms with Crippen LogP contribution in [0.25, 0.3) is 0 Å². The van der Waals surface area contributed by atoms with E-state index in [-0.39, 0.29) is 5.60 Å². The lowest BCUT2D eigenvalue weighted by Gasteiger charge is -2.47. The fraction of sp³-hybridized carbons (Fsp3) is 1.00. The molecule has 0 aromatic carbocycles. The Morgan fingerprint density at radius 3 is 1.75 bits per heavy atom. The van der Waals surface area contributed by atoms with E-state index < -0.39 is 5.97 Å². The van der Waals surface area contributed by atoms with Crippen LogP contribution in [0.15, 0.2) is 0 Å². The largest absolute Gasteiger partial charge is 0.331 e. The lowest BCUT2D eigenvalue weighted by molar-refractivity contribution is -0.460. The summed E-state index contributed by atoms with van der Waals surface area (Å²) in [5.74, 6) is -0.742. The lowest BCUT2D eigenvalue weighted by Crippen LogP contribution is -2.56. The topological polar surface area (TPSA) is 27.7 Å². The van der Waals surface area contributed by atoms with Gasteiger partial charge in [0, 0.05) is 14.2 Å². The van der Waals surface area contributed by atoms with Gasteiger partial charge in [-0.1, -0.05) is 13.8 Å². The quantitative estimate of drug-likeness (QED) is 0.591. The Kier molecular flexibility index (Phi) is 1.43. The molecule has 3 heteroatoms. The molecule has 1 spiro atoms. The number of methoxy groups -OCH3 is 2. The van der Waals surface area contributed by atoms with Crippen molar-refractivity contribution < 1.29 is 14.2 Å². The Morgan fingerprint density at radius 2 is 1.50 bits per heavy atom. The van der Waals surface area contributed by atoms with Crippen LogP contribution in [-0.2, 0) is 14.2 Å². The van der Waals surface area contributed by atoms with Crippen molar-refractivity contribution in [1.82, 2.24) is 0 Å². The standard InChI is InChI=1S/C9H16O3/c1-7(2)5-8(7)6-9(10-3,11-4)12-8/h5-6H2,1-4H3/t8-/m0/s1. The third-order valence-corrected chi connectivity index (χ3v) is 3.31. The molecule has 2 fully saturated rings. The van der Waals surface area contributed by atoms with Crippen molar-refractivity contribution in [1.29, 1.82) is 0 Å². The average molecular weight is 172 g/mol. The Bertz CT molecular complexity index is 196. The second-order valence-electron chi connectivity index (χ2n) is 4.43. The first-order valence-corrected chi connectivity index (χ1v) is 4.30. The molecular weight excluding hydrogens is 156 g/mol. The van der Waals surface area contributed by atoms with Crippen molar-refractivity contribution in [2.75, 3.05) is 14.2 Å². The average Bonchev–Trinajstić information content (AvgIpc) is 2.49. The second-order valence-corrected chi connectivity index (χ2v) is 4.43. The molecule has 0 N–H and O–H groups in total. The van der Waals surface area contributed by atoms with Gasteiger partial charge in [0.05, 0.1) is 12.0 Å². The maximum Gasteiger partial charge on any atom is 0.285 e. The third kappa shape index (κ3) is 0.817. The van der Waals surface area contributed by atoms with Gasteiger partial charge in [-0.15, -0.1) is 0 Å². The predicted molar refractivity (Wildman–Crippen MR) is 43.6 cm³/mol. The second kappa shape index (κ2) is 2.03. The molecule has 12 heavy (non-hydrogen) atoms. The van der Waals surface area contributed by atoms with Gasteiger partial charge in [-0.3, -0.25) is 0 Å². The van der Waals surface area contributed by atoms with Crippen LogP contribution >= 0.6 is 0 Å². The summed E-state index contributed by atoms with van der Waals surface area (Å²) in [5, 5.41) is 0. The number of hydrogen-bond donors (Lipinski definition) is 0. The molecule has 1 aliphatic heterocycles. The highest BCUT2D eigenvalue weighted by Crippen LogP contribution is 2.69. The summed E-state index contributed by atoms with van der Waals surface area (Å²) >= 11 is 0. The first kappa shape index (κ1) is 8.48. The fourth-order valence-corrected chi connectivity index (χ4v) is 2.10. The zero-order valence-electron chi connectivity index (χ0n) is 8.14. The van der Waals surface area contributed by atoms with Crippen LogP contribution in [0.2, 0.25) is 0 Å². The van der Waals surface area contributed by atoms with E-state index in [4.69, 9.17) is 14.2 Å². The van der Waals surface area contributed by atoms with E-state index in [1.165, 1.54) is 0 Å². The minimum Gasteiger partial charge on any atom is -0.331 e. The van der Waals surface area contributed by atoms with Gasteiger partial charge >= 0.3 is 0 Å². The smallest absolute Gasteiger partial charge is 0.285 e. The van der Waals surface area contributed by atoms with Crippen LogP contribution in [-0.4, -0.2) is 25.8 Å². The Balaban J connectivity index is 2.00. The molecule has 0 radical (unpaired) electrons. The van der Waals surface area contributed by atoms with E-state index in [2.05, 4.69) is 13.8 Å². The van der Waals surface area contributed by atoms with Crippen molar-refractivity contribution >= 4 is 0 Å². The predicted octanol–water partition coefficient (Wildman–Crippen LogP) is 1.52. The van der Waals surface area contributed by atoms with Crippen molar-refractivity contribution in [2.24, 2.45) is 5.41 Å². The number of ether oxygens (including phenoxy) is 3. The first-order valence-electron chi connectivity index (χ1n) is 4.30. The highest BCUT2D eigenvalue weighted by Gasteiger charge is 2.75. The van der Waals surface area contributed by atoms with E-state index in [1.54, 1.807) is 14.2 Å². The summed E-state index contributed by atoms with van der Waals surface area (Å²) in [7, 11) is 3.23. The zero-order chi connectivity index (χ0) is 9.04. The first-order chi connectivity index (χ1) is 5.49. The normalized spacial score (nSPS) is 41.0. The van der Waals surface area contributed by atoms with Crippen LogP contribution in [0, 0.1) is 5.41 Å². The van der Waals surface area contributed by atoms with Crippen LogP contribution in [0.4, 0.5) is 0 Å². The Labute approximate surface area is 73.0 Å². The van der Waals surface area contributed by atoms with Crippen LogP contribution in [0.1, 0.15) is 26.7 Å². The minimum absolute atomic E-state index is 0.0546. The molecule has 2 aliphatic rings. The molecular formula is C9H16O3. The third-order valence-electron chi connectivity index (χ3n) is 3.31. The van der Waals surface area contributed by atoms with E-state index in [0.29, 0.717) is 5.41 Å². The molecule has 70 valence electrons. The molecule has 0 amide bonds. The summed E-state index contributed by atoms with van der Waals surface area (Å²) in [6.45, 7) is 4.42. The van der Waals surface area contributed by atoms with Crippen molar-refractivity contribution in [3.05, 3.63) is 0 Å². The Morgan fingerprint density at radius 1 is 1.08 bits per heavy atom. The monoisotopic (exact) mass is 172 g/mol. The molecule has 0 aromatic heterocycles. The van der Waals surface area contributed by atoms with Gasteiger partial charge in [-0.2, -0.15) is 0 Å². The molecule has 1 aliphatic carbocycles. The molecule has 0 unspecified atom stereocenters. The van der Waals surface area contributed by atoms with Gasteiger partial charge in [-0.05, 0) is 11.8 Å². The van der Waals surface area contributed by atoms with E-state index >= 15 is 0 Å². The summed E-state index contributed by atoms with van der Waals surface area (Å²) < 4.78 is 16.0. The highest BCUT2D eigenvalue weighted by atomic mass is 16.9. The van der Waals surface area contributed by atoms with Crippen LogP contribution < -0.4 is 0 Å². The fourth-order valence-electron chi connectivity index (χ4n) is 2.10. The van der Waals surface area contributed by atoms with Gasteiger partial charge in [0.1, 0.15) is 0 Å². The van der Waals surface area contributed by atoms with Crippen LogP contribution in [0.5, 0.6) is 0 Å². The zero-order valence-corrected chi connectivity index (χ0v) is 8.14. The van der Waals surface area contributed by atoms with E-state index in [0.717, 1.165) is 12.8 Å². The molecule has 1 saturated heterocycles. The number of rotatable bonds is 2. The SMILES string of the molecule is COC1(OC)C[C@]2(CC2(C)C)O1. The molecule has 1 heterocycles. The molecule has 2 rings (SSSR count). The van der Waals surface area contributed by atoms with Gasteiger partial charge in [0.15, 0.2) is 0 Å². The highest BCUT2D eigenvalue weighted by molar-refractivity contribution is 5.18. The van der Waals surface area contributed by atoms with Gasteiger partial charge in [-0.25, -0.2) is 0 Å². The summed E-state index contributed by atoms with van der Waals surface area (Å²) in [4.78, 5) is 0. The van der Waals surface area contributed by atoms with Gasteiger partial charge in [0.2, 0.25) is 0 Å². The molecule has 1 saturated carbocycles.